The number of ether oxygens (including phenoxy) is 2. The monoisotopic (exact) mass is 410 g/mol. The first-order chi connectivity index (χ1) is 13.9. The number of hydrogen-bond donors (Lipinski definition) is 0. The van der Waals surface area contributed by atoms with Crippen LogP contribution < -0.4 is 9.64 Å². The van der Waals surface area contributed by atoms with Gasteiger partial charge in [-0.2, -0.15) is 0 Å². The van der Waals surface area contributed by atoms with Crippen molar-refractivity contribution in [2.75, 3.05) is 11.5 Å². The highest BCUT2D eigenvalue weighted by molar-refractivity contribution is 7.13. The molecule has 29 heavy (non-hydrogen) atoms. The van der Waals surface area contributed by atoms with Gasteiger partial charge in [0.2, 0.25) is 0 Å². The number of hydrogen-bond acceptors (Lipinski definition) is 6. The Morgan fingerprint density at radius 1 is 1.03 bits per heavy atom. The van der Waals surface area contributed by atoms with Crippen LogP contribution in [0.25, 0.3) is 0 Å². The van der Waals surface area contributed by atoms with Crippen LogP contribution >= 0.6 is 11.3 Å². The molecular weight excluding hydrogens is 384 g/mol. The maximum atomic E-state index is 11.9. The van der Waals surface area contributed by atoms with Gasteiger partial charge < -0.3 is 14.4 Å². The average Bonchev–Trinajstić information content (AvgIpc) is 3.21. The predicted octanol–water partition coefficient (Wildman–Crippen LogP) is 5.07. The van der Waals surface area contributed by atoms with Gasteiger partial charge in [-0.05, 0) is 44.0 Å². The van der Waals surface area contributed by atoms with Gasteiger partial charge in [-0.15, -0.1) is 11.3 Å². The standard InChI is InChI=1S/C23H26N2O3S/c1-23(2,3)28-21(26)17-27-20-11-7-10-19(14-20)16-25(22-24-12-13-29-22)15-18-8-5-4-6-9-18/h4-14H,15-17H2,1-3H3. The minimum absolute atomic E-state index is 0.110. The Bertz CT molecular complexity index is 905. The molecule has 0 unspecified atom stereocenters. The third kappa shape index (κ3) is 6.91. The number of nitrogens with zero attached hydrogens (tertiary/aromatic N) is 2. The zero-order valence-corrected chi connectivity index (χ0v) is 17.8. The fourth-order valence-corrected chi connectivity index (χ4v) is 3.48. The van der Waals surface area contributed by atoms with E-state index in [0.29, 0.717) is 12.3 Å². The van der Waals surface area contributed by atoms with E-state index in [4.69, 9.17) is 9.47 Å². The third-order valence-corrected chi connectivity index (χ3v) is 4.79. The normalized spacial score (nSPS) is 11.1. The van der Waals surface area contributed by atoms with E-state index in [1.807, 2.05) is 74.8 Å². The smallest absolute Gasteiger partial charge is 0.344 e. The molecule has 3 aromatic rings. The summed E-state index contributed by atoms with van der Waals surface area (Å²) in [4.78, 5) is 18.6. The first kappa shape index (κ1) is 20.9. The van der Waals surface area contributed by atoms with Gasteiger partial charge in [-0.3, -0.25) is 0 Å². The first-order valence-corrected chi connectivity index (χ1v) is 10.4. The van der Waals surface area contributed by atoms with Gasteiger partial charge in [0.05, 0.1) is 0 Å². The molecular formula is C23H26N2O3S. The molecule has 0 bridgehead atoms. The Labute approximate surface area is 175 Å². The Morgan fingerprint density at radius 2 is 1.76 bits per heavy atom. The summed E-state index contributed by atoms with van der Waals surface area (Å²) in [6.07, 6.45) is 1.82. The van der Waals surface area contributed by atoms with Crippen LogP contribution in [-0.4, -0.2) is 23.2 Å². The van der Waals surface area contributed by atoms with Crippen LogP contribution in [0.15, 0.2) is 66.2 Å². The lowest BCUT2D eigenvalue weighted by Gasteiger charge is -2.22. The summed E-state index contributed by atoms with van der Waals surface area (Å²) in [5.74, 6) is 0.267. The highest BCUT2D eigenvalue weighted by atomic mass is 32.1. The van der Waals surface area contributed by atoms with Gasteiger partial charge in [-0.1, -0.05) is 42.5 Å². The highest BCUT2D eigenvalue weighted by Gasteiger charge is 2.17. The molecule has 0 amide bonds. The van der Waals surface area contributed by atoms with Crippen molar-refractivity contribution < 1.29 is 14.3 Å². The number of benzene rings is 2. The van der Waals surface area contributed by atoms with Crippen molar-refractivity contribution >= 4 is 22.4 Å². The zero-order chi connectivity index (χ0) is 20.7. The van der Waals surface area contributed by atoms with E-state index >= 15 is 0 Å². The van der Waals surface area contributed by atoms with Gasteiger partial charge in [0.15, 0.2) is 11.7 Å². The summed E-state index contributed by atoms with van der Waals surface area (Å²) < 4.78 is 10.9. The van der Waals surface area contributed by atoms with E-state index in [9.17, 15) is 4.79 Å². The third-order valence-electron chi connectivity index (χ3n) is 3.95. The second-order valence-corrected chi connectivity index (χ2v) is 8.55. The summed E-state index contributed by atoms with van der Waals surface area (Å²) in [7, 11) is 0. The average molecular weight is 411 g/mol. The van der Waals surface area contributed by atoms with Gasteiger partial charge in [0, 0.05) is 24.7 Å². The lowest BCUT2D eigenvalue weighted by molar-refractivity contribution is -0.157. The molecule has 3 rings (SSSR count). The van der Waals surface area contributed by atoms with Crippen LogP contribution in [0.3, 0.4) is 0 Å². The topological polar surface area (TPSA) is 51.7 Å². The van der Waals surface area contributed by atoms with Crippen LogP contribution in [0.4, 0.5) is 5.13 Å². The van der Waals surface area contributed by atoms with E-state index < -0.39 is 5.60 Å². The maximum absolute atomic E-state index is 11.9. The minimum Gasteiger partial charge on any atom is -0.482 e. The lowest BCUT2D eigenvalue weighted by Crippen LogP contribution is -2.27. The Balaban J connectivity index is 1.67. The Morgan fingerprint density at radius 3 is 2.45 bits per heavy atom. The molecule has 0 radical (unpaired) electrons. The van der Waals surface area contributed by atoms with Gasteiger partial charge >= 0.3 is 5.97 Å². The minimum atomic E-state index is -0.520. The van der Waals surface area contributed by atoms with Crippen molar-refractivity contribution in [1.82, 2.24) is 4.98 Å². The predicted molar refractivity (Wildman–Crippen MR) is 116 cm³/mol. The Hall–Kier alpha value is -2.86. The molecule has 0 N–H and O–H groups in total. The largest absolute Gasteiger partial charge is 0.482 e. The molecule has 1 heterocycles. The van der Waals surface area contributed by atoms with Gasteiger partial charge in [0.25, 0.3) is 0 Å². The number of rotatable bonds is 8. The van der Waals surface area contributed by atoms with Crippen molar-refractivity contribution in [3.05, 3.63) is 77.3 Å². The number of carbonyl (C=O) groups is 1. The zero-order valence-electron chi connectivity index (χ0n) is 17.0. The number of anilines is 1. The molecule has 0 saturated carbocycles. The molecule has 6 heteroatoms. The van der Waals surface area contributed by atoms with Crippen LogP contribution in [0.5, 0.6) is 5.75 Å². The fraction of sp³-hybridized carbons (Fsp3) is 0.304. The van der Waals surface area contributed by atoms with Crippen LogP contribution in [-0.2, 0) is 22.6 Å². The van der Waals surface area contributed by atoms with Gasteiger partial charge in [0.1, 0.15) is 11.4 Å². The summed E-state index contributed by atoms with van der Waals surface area (Å²) >= 11 is 1.62. The summed E-state index contributed by atoms with van der Waals surface area (Å²) in [5.41, 5.74) is 1.78. The molecule has 5 nitrogen and oxygen atoms in total. The molecule has 0 aliphatic carbocycles. The van der Waals surface area contributed by atoms with E-state index in [-0.39, 0.29) is 12.6 Å². The number of esters is 1. The summed E-state index contributed by atoms with van der Waals surface area (Å²) in [6.45, 7) is 6.85. The van der Waals surface area contributed by atoms with E-state index in [2.05, 4.69) is 22.0 Å². The quantitative estimate of drug-likeness (QED) is 0.485. The van der Waals surface area contributed by atoms with Crippen LogP contribution in [0.2, 0.25) is 0 Å². The number of thiazole rings is 1. The van der Waals surface area contributed by atoms with Crippen molar-refractivity contribution in [2.24, 2.45) is 0 Å². The second kappa shape index (κ2) is 9.56. The molecule has 152 valence electrons. The highest BCUT2D eigenvalue weighted by Crippen LogP contribution is 2.24. The fourth-order valence-electron chi connectivity index (χ4n) is 2.83. The summed E-state index contributed by atoms with van der Waals surface area (Å²) in [6, 6.07) is 18.1. The van der Waals surface area contributed by atoms with Crippen LogP contribution in [0.1, 0.15) is 31.9 Å². The molecule has 0 fully saturated rings. The first-order valence-electron chi connectivity index (χ1n) is 9.51. The van der Waals surface area contributed by atoms with Gasteiger partial charge in [-0.25, -0.2) is 9.78 Å². The van der Waals surface area contributed by atoms with E-state index in [1.54, 1.807) is 11.3 Å². The molecule has 0 spiro atoms. The lowest BCUT2D eigenvalue weighted by atomic mass is 10.1. The van der Waals surface area contributed by atoms with E-state index in [1.165, 1.54) is 5.56 Å². The second-order valence-electron chi connectivity index (χ2n) is 7.68. The molecule has 0 aliphatic rings. The van der Waals surface area contributed by atoms with Crippen molar-refractivity contribution in [1.29, 1.82) is 0 Å². The molecule has 0 atom stereocenters. The maximum Gasteiger partial charge on any atom is 0.344 e. The summed E-state index contributed by atoms with van der Waals surface area (Å²) in [5, 5.41) is 2.95. The molecule has 0 aliphatic heterocycles. The van der Waals surface area contributed by atoms with Crippen molar-refractivity contribution in [3.8, 4) is 5.75 Å². The number of aromatic nitrogens is 1. The van der Waals surface area contributed by atoms with Crippen molar-refractivity contribution in [2.45, 2.75) is 39.5 Å². The van der Waals surface area contributed by atoms with E-state index in [0.717, 1.165) is 17.2 Å². The van der Waals surface area contributed by atoms with Crippen LogP contribution in [0, 0.1) is 0 Å². The SMILES string of the molecule is CC(C)(C)OC(=O)COc1cccc(CN(Cc2ccccc2)c2nccs2)c1. The molecule has 0 saturated heterocycles. The number of carbonyl (C=O) groups excluding carboxylic acids is 1. The Kier molecular flexibility index (Phi) is 6.88. The molecule has 2 aromatic carbocycles. The molecule has 1 aromatic heterocycles. The van der Waals surface area contributed by atoms with Crippen molar-refractivity contribution in [3.63, 3.8) is 0 Å².